The second-order valence-electron chi connectivity index (χ2n) is 5.17. The fourth-order valence-electron chi connectivity index (χ4n) is 2.31. The Morgan fingerprint density at radius 3 is 2.47 bits per heavy atom. The SMILES string of the molecule is CC1(C)C(/C=C(/C#N)C2CC2)C1C(=O)O. The zero-order valence-electron chi connectivity index (χ0n) is 9.03. The average molecular weight is 205 g/mol. The van der Waals surface area contributed by atoms with Crippen LogP contribution in [0.4, 0.5) is 0 Å². The highest BCUT2D eigenvalue weighted by molar-refractivity contribution is 5.76. The molecule has 2 rings (SSSR count). The van der Waals surface area contributed by atoms with Crippen molar-refractivity contribution in [2.24, 2.45) is 23.2 Å². The summed E-state index contributed by atoms with van der Waals surface area (Å²) in [7, 11) is 0. The first kappa shape index (κ1) is 10.2. The highest BCUT2D eigenvalue weighted by Crippen LogP contribution is 2.60. The summed E-state index contributed by atoms with van der Waals surface area (Å²) < 4.78 is 0. The van der Waals surface area contributed by atoms with Crippen molar-refractivity contribution in [1.82, 2.24) is 0 Å². The first-order valence-electron chi connectivity index (χ1n) is 5.33. The van der Waals surface area contributed by atoms with Crippen LogP contribution in [0.2, 0.25) is 0 Å². The van der Waals surface area contributed by atoms with E-state index in [0.29, 0.717) is 5.92 Å². The van der Waals surface area contributed by atoms with Gasteiger partial charge in [-0.1, -0.05) is 19.9 Å². The Morgan fingerprint density at radius 1 is 1.53 bits per heavy atom. The van der Waals surface area contributed by atoms with E-state index in [1.165, 1.54) is 0 Å². The highest BCUT2D eigenvalue weighted by Gasteiger charge is 2.61. The van der Waals surface area contributed by atoms with Crippen molar-refractivity contribution in [3.05, 3.63) is 11.6 Å². The lowest BCUT2D eigenvalue weighted by Gasteiger charge is -1.97. The first-order chi connectivity index (χ1) is 6.98. The molecule has 1 N–H and O–H groups in total. The standard InChI is InChI=1S/C12H15NO2/c1-12(2)9(10(12)11(14)15)5-8(6-13)7-3-4-7/h5,7,9-10H,3-4H2,1-2H3,(H,14,15)/b8-5-. The van der Waals surface area contributed by atoms with E-state index < -0.39 is 5.97 Å². The Bertz CT molecular complexity index is 372. The van der Waals surface area contributed by atoms with Gasteiger partial charge in [0.25, 0.3) is 0 Å². The van der Waals surface area contributed by atoms with Crippen LogP contribution < -0.4 is 0 Å². The van der Waals surface area contributed by atoms with Crippen LogP contribution in [0.1, 0.15) is 26.7 Å². The summed E-state index contributed by atoms with van der Waals surface area (Å²) in [6, 6.07) is 2.20. The molecule has 0 heterocycles. The lowest BCUT2D eigenvalue weighted by molar-refractivity contribution is -0.139. The molecule has 0 aromatic rings. The van der Waals surface area contributed by atoms with Crippen LogP contribution in [0.25, 0.3) is 0 Å². The summed E-state index contributed by atoms with van der Waals surface area (Å²) in [6.45, 7) is 3.91. The van der Waals surface area contributed by atoms with Crippen molar-refractivity contribution >= 4 is 5.97 Å². The van der Waals surface area contributed by atoms with Gasteiger partial charge in [0.05, 0.1) is 12.0 Å². The van der Waals surface area contributed by atoms with E-state index in [2.05, 4.69) is 6.07 Å². The molecule has 0 spiro atoms. The summed E-state index contributed by atoms with van der Waals surface area (Å²) >= 11 is 0. The minimum absolute atomic E-state index is 0.0465. The topological polar surface area (TPSA) is 61.1 Å². The Labute approximate surface area is 89.4 Å². The molecule has 3 nitrogen and oxygen atoms in total. The maximum Gasteiger partial charge on any atom is 0.307 e. The predicted molar refractivity (Wildman–Crippen MR) is 54.8 cm³/mol. The average Bonchev–Trinajstić information content (AvgIpc) is 2.98. The smallest absolute Gasteiger partial charge is 0.307 e. The normalized spacial score (nSPS) is 33.3. The number of hydrogen-bond donors (Lipinski definition) is 1. The van der Waals surface area contributed by atoms with Crippen LogP contribution >= 0.6 is 0 Å². The summed E-state index contributed by atoms with van der Waals surface area (Å²) in [5, 5.41) is 17.9. The highest BCUT2D eigenvalue weighted by atomic mass is 16.4. The molecule has 0 aliphatic heterocycles. The van der Waals surface area contributed by atoms with E-state index >= 15 is 0 Å². The molecule has 0 aromatic carbocycles. The summed E-state index contributed by atoms with van der Waals surface area (Å²) in [5.74, 6) is -0.583. The van der Waals surface area contributed by atoms with Gasteiger partial charge >= 0.3 is 5.97 Å². The number of carboxylic acids is 1. The molecule has 80 valence electrons. The Morgan fingerprint density at radius 2 is 2.13 bits per heavy atom. The number of nitrogens with zero attached hydrogens (tertiary/aromatic N) is 1. The first-order valence-corrected chi connectivity index (χ1v) is 5.33. The lowest BCUT2D eigenvalue weighted by atomic mass is 10.1. The van der Waals surface area contributed by atoms with Crippen molar-refractivity contribution in [2.75, 3.05) is 0 Å². The third-order valence-electron chi connectivity index (χ3n) is 3.68. The van der Waals surface area contributed by atoms with E-state index in [1.807, 2.05) is 19.9 Å². The molecule has 0 bridgehead atoms. The number of hydrogen-bond acceptors (Lipinski definition) is 2. The lowest BCUT2D eigenvalue weighted by Crippen LogP contribution is -2.03. The summed E-state index contributed by atoms with van der Waals surface area (Å²) in [5.41, 5.74) is 0.625. The molecule has 2 atom stereocenters. The zero-order chi connectivity index (χ0) is 11.2. The molecular weight excluding hydrogens is 190 g/mol. The van der Waals surface area contributed by atoms with E-state index in [9.17, 15) is 4.79 Å². The third-order valence-corrected chi connectivity index (χ3v) is 3.68. The molecule has 2 fully saturated rings. The van der Waals surface area contributed by atoms with Crippen LogP contribution in [0.3, 0.4) is 0 Å². The maximum absolute atomic E-state index is 10.9. The van der Waals surface area contributed by atoms with E-state index in [-0.39, 0.29) is 17.3 Å². The molecule has 3 heteroatoms. The van der Waals surface area contributed by atoms with Crippen LogP contribution in [0, 0.1) is 34.5 Å². The van der Waals surface area contributed by atoms with Crippen molar-refractivity contribution in [1.29, 1.82) is 5.26 Å². The van der Waals surface area contributed by atoms with Crippen LogP contribution in [-0.2, 0) is 4.79 Å². The van der Waals surface area contributed by atoms with Gasteiger partial charge in [-0.25, -0.2) is 0 Å². The van der Waals surface area contributed by atoms with Crippen molar-refractivity contribution in [3.63, 3.8) is 0 Å². The minimum atomic E-state index is -0.741. The molecule has 2 unspecified atom stereocenters. The Hall–Kier alpha value is -1.30. The second-order valence-corrected chi connectivity index (χ2v) is 5.17. The number of rotatable bonds is 3. The fourth-order valence-corrected chi connectivity index (χ4v) is 2.31. The van der Waals surface area contributed by atoms with E-state index in [1.54, 1.807) is 0 Å². The largest absolute Gasteiger partial charge is 0.481 e. The predicted octanol–water partition coefficient (Wildman–Crippen LogP) is 2.20. The summed E-state index contributed by atoms with van der Waals surface area (Å²) in [4.78, 5) is 10.9. The van der Waals surface area contributed by atoms with Gasteiger partial charge in [0.2, 0.25) is 0 Å². The quantitative estimate of drug-likeness (QED) is 0.718. The van der Waals surface area contributed by atoms with E-state index in [0.717, 1.165) is 18.4 Å². The fraction of sp³-hybridized carbons (Fsp3) is 0.667. The van der Waals surface area contributed by atoms with Gasteiger partial charge in [-0.3, -0.25) is 4.79 Å². The van der Waals surface area contributed by atoms with Gasteiger partial charge in [0, 0.05) is 5.57 Å². The van der Waals surface area contributed by atoms with Crippen molar-refractivity contribution < 1.29 is 9.90 Å². The molecule has 2 saturated carbocycles. The number of aliphatic carboxylic acids is 1. The second kappa shape index (κ2) is 3.10. The Balaban J connectivity index is 2.14. The number of allylic oxidation sites excluding steroid dienone is 2. The molecule has 15 heavy (non-hydrogen) atoms. The van der Waals surface area contributed by atoms with Crippen molar-refractivity contribution in [2.45, 2.75) is 26.7 Å². The monoisotopic (exact) mass is 205 g/mol. The number of carboxylic acid groups (broad SMARTS) is 1. The molecule has 2 aliphatic rings. The van der Waals surface area contributed by atoms with Gasteiger partial charge in [-0.15, -0.1) is 0 Å². The van der Waals surface area contributed by atoms with Gasteiger partial charge in [-0.2, -0.15) is 5.26 Å². The minimum Gasteiger partial charge on any atom is -0.481 e. The van der Waals surface area contributed by atoms with Crippen molar-refractivity contribution in [3.8, 4) is 6.07 Å². The summed E-state index contributed by atoms with van der Waals surface area (Å²) in [6.07, 6.45) is 4.07. The molecule has 0 amide bonds. The van der Waals surface area contributed by atoms with Gasteiger partial charge < -0.3 is 5.11 Å². The molecule has 0 radical (unpaired) electrons. The van der Waals surface area contributed by atoms with Crippen LogP contribution in [-0.4, -0.2) is 11.1 Å². The molecule has 2 aliphatic carbocycles. The Kier molecular flexibility index (Phi) is 2.11. The van der Waals surface area contributed by atoms with Gasteiger partial charge in [-0.05, 0) is 30.1 Å². The third kappa shape index (κ3) is 1.65. The number of carbonyl (C=O) groups is 1. The van der Waals surface area contributed by atoms with Gasteiger partial charge in [0.15, 0.2) is 0 Å². The van der Waals surface area contributed by atoms with E-state index in [4.69, 9.17) is 10.4 Å². The van der Waals surface area contributed by atoms with Gasteiger partial charge in [0.1, 0.15) is 0 Å². The zero-order valence-corrected chi connectivity index (χ0v) is 9.03. The van der Waals surface area contributed by atoms with Crippen LogP contribution in [0.5, 0.6) is 0 Å². The van der Waals surface area contributed by atoms with Crippen LogP contribution in [0.15, 0.2) is 11.6 Å². The molecule has 0 aromatic heterocycles. The maximum atomic E-state index is 10.9. The molecular formula is C12H15NO2. The number of nitriles is 1. The molecule has 0 saturated heterocycles.